The highest BCUT2D eigenvalue weighted by atomic mass is 35.5. The van der Waals surface area contributed by atoms with Crippen LogP contribution in [-0.4, -0.2) is 30.6 Å². The number of rotatable bonds is 8. The fraction of sp³-hybridized carbons (Fsp3) is 0.462. The van der Waals surface area contributed by atoms with E-state index in [4.69, 9.17) is 10.5 Å². The van der Waals surface area contributed by atoms with E-state index in [1.54, 1.807) is 11.8 Å². The molecule has 4 nitrogen and oxygen atoms in total. The Morgan fingerprint density at radius 1 is 1.37 bits per heavy atom. The van der Waals surface area contributed by atoms with Crippen LogP contribution in [0, 0.1) is 0 Å². The first kappa shape index (κ1) is 18.1. The summed E-state index contributed by atoms with van der Waals surface area (Å²) in [6.07, 6.45) is 1.09. The van der Waals surface area contributed by atoms with E-state index in [2.05, 4.69) is 12.2 Å². The Morgan fingerprint density at radius 2 is 2.05 bits per heavy atom. The third kappa shape index (κ3) is 7.97. The van der Waals surface area contributed by atoms with Crippen LogP contribution in [0.1, 0.15) is 13.3 Å². The molecule has 1 aromatic rings. The first-order valence-corrected chi connectivity index (χ1v) is 7.22. The molecule has 6 heteroatoms. The van der Waals surface area contributed by atoms with Gasteiger partial charge in [-0.3, -0.25) is 4.79 Å². The molecule has 1 aromatic carbocycles. The Hall–Kier alpha value is -0.910. The number of hydrogen-bond donors (Lipinski definition) is 2. The lowest BCUT2D eigenvalue weighted by Gasteiger charge is -2.07. The van der Waals surface area contributed by atoms with Gasteiger partial charge >= 0.3 is 0 Å². The number of thioether (sulfide) groups is 1. The Morgan fingerprint density at radius 3 is 2.63 bits per heavy atom. The van der Waals surface area contributed by atoms with Crippen molar-refractivity contribution >= 4 is 35.8 Å². The molecule has 0 aromatic heterocycles. The molecule has 0 atom stereocenters. The van der Waals surface area contributed by atoms with Crippen LogP contribution in [0.5, 0.6) is 5.75 Å². The monoisotopic (exact) mass is 304 g/mol. The summed E-state index contributed by atoms with van der Waals surface area (Å²) in [5, 5.41) is 2.84. The average molecular weight is 305 g/mol. The molecule has 0 aliphatic heterocycles. The van der Waals surface area contributed by atoms with Crippen molar-refractivity contribution in [1.29, 1.82) is 0 Å². The van der Waals surface area contributed by atoms with Crippen molar-refractivity contribution in [2.24, 2.45) is 5.73 Å². The molecule has 0 aliphatic rings. The quantitative estimate of drug-likeness (QED) is 0.724. The van der Waals surface area contributed by atoms with Crippen LogP contribution < -0.4 is 15.8 Å². The molecular weight excluding hydrogens is 284 g/mol. The van der Waals surface area contributed by atoms with Crippen molar-refractivity contribution in [3.05, 3.63) is 24.3 Å². The zero-order chi connectivity index (χ0) is 13.2. The number of amides is 1. The van der Waals surface area contributed by atoms with E-state index in [0.717, 1.165) is 23.6 Å². The number of ether oxygens (including phenoxy) is 1. The van der Waals surface area contributed by atoms with Crippen LogP contribution >= 0.6 is 24.2 Å². The number of halogens is 1. The van der Waals surface area contributed by atoms with Crippen LogP contribution in [0.15, 0.2) is 24.3 Å². The minimum Gasteiger partial charge on any atom is -0.492 e. The summed E-state index contributed by atoms with van der Waals surface area (Å²) in [5.74, 6) is 2.31. The molecule has 108 valence electrons. The number of nitrogens with two attached hydrogens (primary N) is 1. The lowest BCUT2D eigenvalue weighted by Crippen LogP contribution is -2.14. The van der Waals surface area contributed by atoms with Crippen LogP contribution in [0.2, 0.25) is 0 Å². The molecule has 0 radical (unpaired) electrons. The SMILES string of the molecule is CCCSCC(=O)Nc1ccc(OCCN)cc1.Cl. The third-order valence-corrected chi connectivity index (χ3v) is 3.27. The summed E-state index contributed by atoms with van der Waals surface area (Å²) >= 11 is 1.64. The summed E-state index contributed by atoms with van der Waals surface area (Å²) in [6.45, 7) is 3.09. The number of carbonyl (C=O) groups is 1. The van der Waals surface area contributed by atoms with Crippen molar-refractivity contribution in [2.45, 2.75) is 13.3 Å². The Labute approximate surface area is 124 Å². The van der Waals surface area contributed by atoms with Crippen LogP contribution in [-0.2, 0) is 4.79 Å². The molecule has 0 heterocycles. The highest BCUT2D eigenvalue weighted by Crippen LogP contribution is 2.15. The van der Waals surface area contributed by atoms with Gasteiger partial charge in [0.05, 0.1) is 5.75 Å². The van der Waals surface area contributed by atoms with E-state index in [1.807, 2.05) is 24.3 Å². The first-order valence-electron chi connectivity index (χ1n) is 6.06. The van der Waals surface area contributed by atoms with Crippen molar-refractivity contribution in [3.63, 3.8) is 0 Å². The van der Waals surface area contributed by atoms with Crippen LogP contribution in [0.25, 0.3) is 0 Å². The number of hydrogen-bond acceptors (Lipinski definition) is 4. The van der Waals surface area contributed by atoms with E-state index in [1.165, 1.54) is 0 Å². The molecule has 0 aliphatic carbocycles. The molecular formula is C13H21ClN2O2S. The third-order valence-electron chi connectivity index (χ3n) is 2.11. The van der Waals surface area contributed by atoms with Crippen molar-refractivity contribution < 1.29 is 9.53 Å². The van der Waals surface area contributed by atoms with Crippen LogP contribution in [0.3, 0.4) is 0 Å². The largest absolute Gasteiger partial charge is 0.492 e. The summed E-state index contributed by atoms with van der Waals surface area (Å²) < 4.78 is 5.35. The topological polar surface area (TPSA) is 64.3 Å². The summed E-state index contributed by atoms with van der Waals surface area (Å²) in [4.78, 5) is 11.6. The summed E-state index contributed by atoms with van der Waals surface area (Å²) in [7, 11) is 0. The van der Waals surface area contributed by atoms with Gasteiger partial charge in [0, 0.05) is 12.2 Å². The highest BCUT2D eigenvalue weighted by molar-refractivity contribution is 7.99. The maximum absolute atomic E-state index is 11.6. The van der Waals surface area contributed by atoms with Crippen molar-refractivity contribution in [2.75, 3.05) is 30.0 Å². The van der Waals surface area contributed by atoms with Crippen LogP contribution in [0.4, 0.5) is 5.69 Å². The highest BCUT2D eigenvalue weighted by Gasteiger charge is 2.02. The smallest absolute Gasteiger partial charge is 0.234 e. The molecule has 19 heavy (non-hydrogen) atoms. The molecule has 0 unspecified atom stereocenters. The molecule has 0 saturated heterocycles. The predicted molar refractivity (Wildman–Crippen MR) is 84.5 cm³/mol. The van der Waals surface area contributed by atoms with Crippen molar-refractivity contribution in [3.8, 4) is 5.75 Å². The van der Waals surface area contributed by atoms with E-state index in [-0.39, 0.29) is 18.3 Å². The fourth-order valence-corrected chi connectivity index (χ4v) is 2.01. The van der Waals surface area contributed by atoms with Gasteiger partial charge in [0.1, 0.15) is 12.4 Å². The Bertz CT molecular complexity index is 360. The minimum atomic E-state index is 0. The Balaban J connectivity index is 0.00000324. The first-order chi connectivity index (χ1) is 8.76. The van der Waals surface area contributed by atoms with Gasteiger partial charge < -0.3 is 15.8 Å². The lowest BCUT2D eigenvalue weighted by molar-refractivity contribution is -0.113. The Kier molecular flexibility index (Phi) is 10.4. The van der Waals surface area contributed by atoms with E-state index in [9.17, 15) is 4.79 Å². The van der Waals surface area contributed by atoms with Gasteiger partial charge in [0.15, 0.2) is 0 Å². The van der Waals surface area contributed by atoms with E-state index >= 15 is 0 Å². The normalized spacial score (nSPS) is 9.58. The van der Waals surface area contributed by atoms with Crippen molar-refractivity contribution in [1.82, 2.24) is 0 Å². The predicted octanol–water partition coefficient (Wildman–Crippen LogP) is 2.53. The van der Waals surface area contributed by atoms with Gasteiger partial charge in [0.2, 0.25) is 5.91 Å². The minimum absolute atomic E-state index is 0. The van der Waals surface area contributed by atoms with E-state index in [0.29, 0.717) is 18.9 Å². The maximum Gasteiger partial charge on any atom is 0.234 e. The van der Waals surface area contributed by atoms with Gasteiger partial charge in [0.25, 0.3) is 0 Å². The number of carbonyl (C=O) groups excluding carboxylic acids is 1. The maximum atomic E-state index is 11.6. The number of nitrogens with one attached hydrogen (secondary N) is 1. The summed E-state index contributed by atoms with van der Waals surface area (Å²) in [5.41, 5.74) is 6.13. The molecule has 3 N–H and O–H groups in total. The second-order valence-electron chi connectivity index (χ2n) is 3.76. The standard InChI is InChI=1S/C13H20N2O2S.ClH/c1-2-9-18-10-13(16)15-11-3-5-12(6-4-11)17-8-7-14;/h3-6H,2,7-10,14H2,1H3,(H,15,16);1H. The zero-order valence-corrected chi connectivity index (χ0v) is 12.7. The second-order valence-corrected chi connectivity index (χ2v) is 4.87. The zero-order valence-electron chi connectivity index (χ0n) is 11.1. The summed E-state index contributed by atoms with van der Waals surface area (Å²) in [6, 6.07) is 7.30. The number of anilines is 1. The average Bonchev–Trinajstić information content (AvgIpc) is 2.38. The van der Waals surface area contributed by atoms with Gasteiger partial charge in [-0.2, -0.15) is 11.8 Å². The second kappa shape index (κ2) is 11.0. The molecule has 0 bridgehead atoms. The molecule has 0 fully saturated rings. The molecule has 0 saturated carbocycles. The van der Waals surface area contributed by atoms with Gasteiger partial charge in [-0.1, -0.05) is 6.92 Å². The lowest BCUT2D eigenvalue weighted by atomic mass is 10.3. The molecule has 0 spiro atoms. The molecule has 1 rings (SSSR count). The van der Waals surface area contributed by atoms with Gasteiger partial charge in [-0.05, 0) is 36.4 Å². The molecule has 1 amide bonds. The van der Waals surface area contributed by atoms with Gasteiger partial charge in [-0.15, -0.1) is 12.4 Å². The fourth-order valence-electron chi connectivity index (χ4n) is 1.32. The van der Waals surface area contributed by atoms with Gasteiger partial charge in [-0.25, -0.2) is 0 Å². The van der Waals surface area contributed by atoms with E-state index < -0.39 is 0 Å². The number of benzene rings is 1.